The number of anilines is 2. The largest absolute Gasteiger partial charge is 0.397 e. The van der Waals surface area contributed by atoms with Crippen LogP contribution in [0.25, 0.3) is 0 Å². The smallest absolute Gasteiger partial charge is 0.240 e. The van der Waals surface area contributed by atoms with Crippen LogP contribution in [0.3, 0.4) is 0 Å². The molecule has 0 bridgehead atoms. The normalized spacial score (nSPS) is 11.2. The topological polar surface area (TPSA) is 105 Å². The van der Waals surface area contributed by atoms with Crippen molar-refractivity contribution in [2.24, 2.45) is 0 Å². The van der Waals surface area contributed by atoms with Crippen LogP contribution in [0.4, 0.5) is 11.4 Å². The Labute approximate surface area is 125 Å². The third kappa shape index (κ3) is 4.33. The molecule has 0 fully saturated rings. The number of likely N-dealkylation sites (N-methyl/N-ethyl adjacent to an activating group) is 1. The third-order valence-corrected chi connectivity index (χ3v) is 4.44. The van der Waals surface area contributed by atoms with E-state index in [0.29, 0.717) is 17.9 Å². The zero-order valence-corrected chi connectivity index (χ0v) is 13.3. The average Bonchev–Trinajstić information content (AvgIpc) is 2.47. The fourth-order valence-corrected chi connectivity index (χ4v) is 2.64. The number of carbonyl (C=O) groups excluding carboxylic acids is 1. The highest BCUT2D eigenvalue weighted by Gasteiger charge is 2.17. The minimum atomic E-state index is -3.55. The number of nitrogens with one attached hydrogen (secondary N) is 2. The number of rotatable bonds is 7. The zero-order chi connectivity index (χ0) is 16.0. The Morgan fingerprint density at radius 3 is 2.52 bits per heavy atom. The molecule has 1 amide bonds. The van der Waals surface area contributed by atoms with Crippen LogP contribution in [0.1, 0.15) is 13.3 Å². The Kier molecular flexibility index (Phi) is 5.98. The van der Waals surface area contributed by atoms with E-state index in [1.807, 2.05) is 6.92 Å². The molecule has 0 aliphatic rings. The quantitative estimate of drug-likeness (QED) is 0.621. The molecular weight excluding hydrogens is 292 g/mol. The minimum Gasteiger partial charge on any atom is -0.397 e. The molecule has 0 radical (unpaired) electrons. The molecule has 21 heavy (non-hydrogen) atoms. The number of nitrogen functional groups attached to an aromatic ring is 1. The number of sulfonamides is 1. The van der Waals surface area contributed by atoms with Crippen LogP contribution in [0.15, 0.2) is 23.1 Å². The SMILES string of the molecule is CCCN(CC(=O)NC)c1cc(S(=O)(=O)NC)ccc1N. The zero-order valence-electron chi connectivity index (χ0n) is 12.5. The maximum absolute atomic E-state index is 11.9. The van der Waals surface area contributed by atoms with Gasteiger partial charge in [0.25, 0.3) is 0 Å². The number of nitrogens with two attached hydrogens (primary N) is 1. The lowest BCUT2D eigenvalue weighted by atomic mass is 10.2. The minimum absolute atomic E-state index is 0.118. The fraction of sp³-hybridized carbons (Fsp3) is 0.462. The lowest BCUT2D eigenvalue weighted by Crippen LogP contribution is -2.36. The van der Waals surface area contributed by atoms with Gasteiger partial charge in [-0.15, -0.1) is 0 Å². The Balaban J connectivity index is 3.24. The number of carbonyl (C=O) groups is 1. The summed E-state index contributed by atoms with van der Waals surface area (Å²) in [5, 5.41) is 2.55. The maximum Gasteiger partial charge on any atom is 0.240 e. The van der Waals surface area contributed by atoms with Gasteiger partial charge in [-0.3, -0.25) is 4.79 Å². The average molecular weight is 314 g/mol. The van der Waals surface area contributed by atoms with Gasteiger partial charge in [-0.05, 0) is 31.7 Å². The molecule has 1 rings (SSSR count). The Bertz CT molecular complexity index is 601. The van der Waals surface area contributed by atoms with Crippen molar-refractivity contribution >= 4 is 27.3 Å². The molecule has 1 aromatic carbocycles. The van der Waals surface area contributed by atoms with E-state index in [2.05, 4.69) is 10.0 Å². The van der Waals surface area contributed by atoms with Crippen LogP contribution in [0, 0.1) is 0 Å². The number of amides is 1. The predicted octanol–water partition coefficient (Wildman–Crippen LogP) is 0.139. The Morgan fingerprint density at radius 2 is 2.00 bits per heavy atom. The summed E-state index contributed by atoms with van der Waals surface area (Å²) in [7, 11) is -0.653. The van der Waals surface area contributed by atoms with Gasteiger partial charge in [0, 0.05) is 13.6 Å². The molecule has 0 aliphatic carbocycles. The molecule has 7 nitrogen and oxygen atoms in total. The van der Waals surface area contributed by atoms with Crippen molar-refractivity contribution in [3.63, 3.8) is 0 Å². The van der Waals surface area contributed by atoms with E-state index < -0.39 is 10.0 Å². The summed E-state index contributed by atoms with van der Waals surface area (Å²) in [5.74, 6) is -0.162. The summed E-state index contributed by atoms with van der Waals surface area (Å²) < 4.78 is 26.0. The lowest BCUT2D eigenvalue weighted by Gasteiger charge is -2.25. The first-order valence-electron chi connectivity index (χ1n) is 6.64. The highest BCUT2D eigenvalue weighted by Crippen LogP contribution is 2.26. The summed E-state index contributed by atoms with van der Waals surface area (Å²) >= 11 is 0. The fourth-order valence-electron chi connectivity index (χ4n) is 1.89. The monoisotopic (exact) mass is 314 g/mol. The van der Waals surface area contributed by atoms with Crippen LogP contribution in [-0.2, 0) is 14.8 Å². The maximum atomic E-state index is 11.9. The van der Waals surface area contributed by atoms with Gasteiger partial charge in [0.05, 0.1) is 22.8 Å². The number of hydrogen-bond donors (Lipinski definition) is 3. The van der Waals surface area contributed by atoms with Gasteiger partial charge in [0.15, 0.2) is 0 Å². The Morgan fingerprint density at radius 1 is 1.33 bits per heavy atom. The molecule has 0 spiro atoms. The van der Waals surface area contributed by atoms with Gasteiger partial charge in [-0.2, -0.15) is 0 Å². The van der Waals surface area contributed by atoms with Gasteiger partial charge < -0.3 is 16.0 Å². The number of benzene rings is 1. The second-order valence-electron chi connectivity index (χ2n) is 4.52. The van der Waals surface area contributed by atoms with E-state index in [4.69, 9.17) is 5.73 Å². The lowest BCUT2D eigenvalue weighted by molar-refractivity contribution is -0.119. The molecular formula is C13H22N4O3S. The van der Waals surface area contributed by atoms with Gasteiger partial charge in [-0.25, -0.2) is 13.1 Å². The molecule has 4 N–H and O–H groups in total. The van der Waals surface area contributed by atoms with Crippen molar-refractivity contribution in [2.75, 3.05) is 37.8 Å². The summed E-state index contributed by atoms with van der Waals surface area (Å²) in [6.45, 7) is 2.69. The van der Waals surface area contributed by atoms with Crippen molar-refractivity contribution in [3.8, 4) is 0 Å². The second-order valence-corrected chi connectivity index (χ2v) is 6.41. The summed E-state index contributed by atoms with van der Waals surface area (Å²) in [4.78, 5) is 13.5. The molecule has 0 saturated heterocycles. The third-order valence-electron chi connectivity index (χ3n) is 3.03. The molecule has 0 heterocycles. The van der Waals surface area contributed by atoms with E-state index >= 15 is 0 Å². The van der Waals surface area contributed by atoms with Crippen LogP contribution in [0.2, 0.25) is 0 Å². The molecule has 0 unspecified atom stereocenters. The van der Waals surface area contributed by atoms with Crippen molar-refractivity contribution in [2.45, 2.75) is 18.2 Å². The molecule has 0 aliphatic heterocycles. The van der Waals surface area contributed by atoms with Crippen LogP contribution in [-0.4, -0.2) is 41.5 Å². The molecule has 8 heteroatoms. The highest BCUT2D eigenvalue weighted by molar-refractivity contribution is 7.89. The van der Waals surface area contributed by atoms with Gasteiger partial charge >= 0.3 is 0 Å². The van der Waals surface area contributed by atoms with Crippen LogP contribution in [0.5, 0.6) is 0 Å². The summed E-state index contributed by atoms with van der Waals surface area (Å²) in [6.07, 6.45) is 0.805. The first kappa shape index (κ1) is 17.3. The highest BCUT2D eigenvalue weighted by atomic mass is 32.2. The van der Waals surface area contributed by atoms with E-state index in [-0.39, 0.29) is 17.3 Å². The first-order valence-corrected chi connectivity index (χ1v) is 8.12. The van der Waals surface area contributed by atoms with Crippen molar-refractivity contribution in [3.05, 3.63) is 18.2 Å². The van der Waals surface area contributed by atoms with Gasteiger partial charge in [-0.1, -0.05) is 6.92 Å². The standard InChI is InChI=1S/C13H22N4O3S/c1-4-7-17(9-13(18)15-2)12-8-10(5-6-11(12)14)21(19,20)16-3/h5-6,8,16H,4,7,9,14H2,1-3H3,(H,15,18). The van der Waals surface area contributed by atoms with Crippen molar-refractivity contribution in [1.29, 1.82) is 0 Å². The van der Waals surface area contributed by atoms with Gasteiger partial charge in [0.1, 0.15) is 0 Å². The molecule has 0 atom stereocenters. The second kappa shape index (κ2) is 7.28. The van der Waals surface area contributed by atoms with E-state index in [1.165, 1.54) is 25.2 Å². The Hall–Kier alpha value is -1.80. The summed E-state index contributed by atoms with van der Waals surface area (Å²) in [5.41, 5.74) is 6.91. The van der Waals surface area contributed by atoms with E-state index in [9.17, 15) is 13.2 Å². The first-order chi connectivity index (χ1) is 9.85. The molecule has 1 aromatic rings. The van der Waals surface area contributed by atoms with Crippen molar-refractivity contribution < 1.29 is 13.2 Å². The summed E-state index contributed by atoms with van der Waals surface area (Å²) in [6, 6.07) is 4.46. The molecule has 0 aromatic heterocycles. The van der Waals surface area contributed by atoms with E-state index in [1.54, 1.807) is 11.9 Å². The van der Waals surface area contributed by atoms with Crippen LogP contribution < -0.4 is 20.7 Å². The van der Waals surface area contributed by atoms with Gasteiger partial charge in [0.2, 0.25) is 15.9 Å². The number of hydrogen-bond acceptors (Lipinski definition) is 5. The predicted molar refractivity (Wildman–Crippen MR) is 83.7 cm³/mol. The molecule has 118 valence electrons. The molecule has 0 saturated carbocycles. The van der Waals surface area contributed by atoms with E-state index in [0.717, 1.165) is 6.42 Å². The van der Waals surface area contributed by atoms with Crippen LogP contribution >= 0.6 is 0 Å². The van der Waals surface area contributed by atoms with Crippen molar-refractivity contribution in [1.82, 2.24) is 10.0 Å². The number of nitrogens with zero attached hydrogens (tertiary/aromatic N) is 1.